The Balaban J connectivity index is 1.32. The number of hydrogen-bond acceptors (Lipinski definition) is 5. The molecule has 0 aliphatic carbocycles. The van der Waals surface area contributed by atoms with Gasteiger partial charge in [-0.25, -0.2) is 0 Å². The number of carbonyl (C=O) groups is 2. The number of thiophene rings is 1. The first-order chi connectivity index (χ1) is 13.4. The van der Waals surface area contributed by atoms with Gasteiger partial charge in [-0.3, -0.25) is 14.7 Å². The quantitative estimate of drug-likeness (QED) is 0.824. The predicted molar refractivity (Wildman–Crippen MR) is 105 cm³/mol. The van der Waals surface area contributed by atoms with Crippen LogP contribution in [-0.2, 0) is 9.53 Å². The van der Waals surface area contributed by atoms with Gasteiger partial charge in [-0.15, -0.1) is 11.3 Å². The number of likely N-dealkylation sites (tertiary alicyclic amines) is 1. The van der Waals surface area contributed by atoms with Crippen molar-refractivity contribution < 1.29 is 14.3 Å². The van der Waals surface area contributed by atoms with Crippen LogP contribution in [0.2, 0.25) is 0 Å². The molecule has 0 unspecified atom stereocenters. The fraction of sp³-hybridized carbons (Fsp3) is 0.550. The lowest BCUT2D eigenvalue weighted by molar-refractivity contribution is -0.119. The van der Waals surface area contributed by atoms with Crippen LogP contribution in [0.25, 0.3) is 10.6 Å². The van der Waals surface area contributed by atoms with E-state index in [2.05, 4.69) is 28.5 Å². The number of amides is 2. The van der Waals surface area contributed by atoms with Gasteiger partial charge in [0.05, 0.1) is 28.8 Å². The maximum absolute atomic E-state index is 13.1. The number of rotatable bonds is 4. The maximum Gasteiger partial charge on any atom is 0.274 e. The minimum Gasteiger partial charge on any atom is -0.369 e. The van der Waals surface area contributed by atoms with Crippen LogP contribution >= 0.6 is 11.3 Å². The number of nitrogens with one attached hydrogen (secondary N) is 2. The van der Waals surface area contributed by atoms with E-state index in [1.807, 2.05) is 17.0 Å². The van der Waals surface area contributed by atoms with Gasteiger partial charge in [0.2, 0.25) is 5.91 Å². The molecule has 0 saturated carbocycles. The zero-order chi connectivity index (χ0) is 19.5. The van der Waals surface area contributed by atoms with Gasteiger partial charge in [-0.05, 0) is 38.0 Å². The fourth-order valence-corrected chi connectivity index (χ4v) is 6.01. The number of ether oxygens (including phenoxy) is 1. The topological polar surface area (TPSA) is 87.3 Å². The summed E-state index contributed by atoms with van der Waals surface area (Å²) in [6.45, 7) is 5.51. The average Bonchev–Trinajstić information content (AvgIpc) is 3.44. The summed E-state index contributed by atoms with van der Waals surface area (Å²) < 4.78 is 6.35. The molecule has 3 aliphatic heterocycles. The second kappa shape index (κ2) is 6.42. The Morgan fingerprint density at radius 3 is 3.07 bits per heavy atom. The Morgan fingerprint density at radius 2 is 2.32 bits per heavy atom. The van der Waals surface area contributed by atoms with Crippen molar-refractivity contribution in [2.24, 2.45) is 11.8 Å². The van der Waals surface area contributed by atoms with Crippen LogP contribution in [0, 0.1) is 18.8 Å². The number of carbonyl (C=O) groups excluding carboxylic acids is 2. The Kier molecular flexibility index (Phi) is 4.10. The van der Waals surface area contributed by atoms with Gasteiger partial charge < -0.3 is 15.0 Å². The Morgan fingerprint density at radius 1 is 1.46 bits per heavy atom. The molecule has 0 radical (unpaired) electrons. The van der Waals surface area contributed by atoms with E-state index >= 15 is 0 Å². The lowest BCUT2D eigenvalue weighted by atomic mass is 9.73. The molecule has 7 nitrogen and oxygen atoms in total. The molecule has 4 atom stereocenters. The van der Waals surface area contributed by atoms with E-state index in [0.29, 0.717) is 25.3 Å². The van der Waals surface area contributed by atoms with Gasteiger partial charge in [0.1, 0.15) is 0 Å². The van der Waals surface area contributed by atoms with Crippen molar-refractivity contribution >= 4 is 23.2 Å². The van der Waals surface area contributed by atoms with E-state index in [1.54, 1.807) is 18.3 Å². The third-order valence-corrected chi connectivity index (χ3v) is 7.49. The summed E-state index contributed by atoms with van der Waals surface area (Å²) in [5.41, 5.74) is 1.08. The summed E-state index contributed by atoms with van der Waals surface area (Å²) in [6, 6.07) is 5.94. The van der Waals surface area contributed by atoms with E-state index in [9.17, 15) is 9.59 Å². The highest BCUT2D eigenvalue weighted by Gasteiger charge is 2.63. The van der Waals surface area contributed by atoms with Gasteiger partial charge >= 0.3 is 0 Å². The van der Waals surface area contributed by atoms with Crippen LogP contribution in [0.15, 0.2) is 18.2 Å². The van der Waals surface area contributed by atoms with Crippen LogP contribution in [-0.4, -0.2) is 58.3 Å². The van der Waals surface area contributed by atoms with Crippen molar-refractivity contribution in [2.45, 2.75) is 38.4 Å². The largest absolute Gasteiger partial charge is 0.369 e. The number of H-pyrrole nitrogens is 1. The molecule has 2 aromatic rings. The van der Waals surface area contributed by atoms with Crippen LogP contribution in [0.3, 0.4) is 0 Å². The highest BCUT2D eigenvalue weighted by atomic mass is 32.1. The first kappa shape index (κ1) is 17.9. The lowest BCUT2D eigenvalue weighted by Crippen LogP contribution is -2.41. The second-order valence-electron chi connectivity index (χ2n) is 8.23. The van der Waals surface area contributed by atoms with Gasteiger partial charge in [-0.2, -0.15) is 5.10 Å². The zero-order valence-corrected chi connectivity index (χ0v) is 16.8. The molecule has 2 N–H and O–H groups in total. The average molecular weight is 401 g/mol. The number of nitrogens with zero attached hydrogens (tertiary/aromatic N) is 2. The summed E-state index contributed by atoms with van der Waals surface area (Å²) in [5, 5.41) is 10.2. The van der Waals surface area contributed by atoms with Crippen molar-refractivity contribution in [1.29, 1.82) is 0 Å². The third-order valence-electron chi connectivity index (χ3n) is 6.46. The highest BCUT2D eigenvalue weighted by Crippen LogP contribution is 2.54. The molecule has 2 aromatic heterocycles. The molecule has 5 rings (SSSR count). The van der Waals surface area contributed by atoms with Gasteiger partial charge in [-0.1, -0.05) is 0 Å². The lowest BCUT2D eigenvalue weighted by Gasteiger charge is -2.29. The van der Waals surface area contributed by atoms with Crippen LogP contribution in [0.1, 0.15) is 35.1 Å². The van der Waals surface area contributed by atoms with E-state index in [1.165, 1.54) is 4.88 Å². The molecule has 3 fully saturated rings. The van der Waals surface area contributed by atoms with Crippen molar-refractivity contribution in [3.63, 3.8) is 0 Å². The van der Waals surface area contributed by atoms with E-state index in [-0.39, 0.29) is 35.4 Å². The first-order valence-corrected chi connectivity index (χ1v) is 10.6. The molecule has 8 heteroatoms. The number of hydrogen-bond donors (Lipinski definition) is 2. The van der Waals surface area contributed by atoms with Crippen molar-refractivity contribution in [2.75, 3.05) is 19.6 Å². The van der Waals surface area contributed by atoms with Crippen molar-refractivity contribution in [3.05, 3.63) is 28.8 Å². The van der Waals surface area contributed by atoms with Gasteiger partial charge in [0.15, 0.2) is 5.69 Å². The molecular weight excluding hydrogens is 376 g/mol. The van der Waals surface area contributed by atoms with E-state index in [4.69, 9.17) is 4.74 Å². The van der Waals surface area contributed by atoms with E-state index in [0.717, 1.165) is 23.4 Å². The smallest absolute Gasteiger partial charge is 0.274 e. The molecule has 3 saturated heterocycles. The number of aromatic nitrogens is 2. The zero-order valence-electron chi connectivity index (χ0n) is 16.0. The SMILES string of the molecule is CC(=O)NC[C@H]1[C@H]2CN(C(=O)c3cc(-c4ccc(C)s4)[nH]n3)C[C@]23CC[C@H]1O3. The van der Waals surface area contributed by atoms with Crippen LogP contribution in [0.4, 0.5) is 0 Å². The molecule has 148 valence electrons. The molecule has 1 spiro atoms. The molecule has 2 amide bonds. The van der Waals surface area contributed by atoms with Crippen molar-refractivity contribution in [3.8, 4) is 10.6 Å². The van der Waals surface area contributed by atoms with Crippen molar-refractivity contribution in [1.82, 2.24) is 20.4 Å². The minimum absolute atomic E-state index is 0.0179. The maximum atomic E-state index is 13.1. The fourth-order valence-electron chi connectivity index (χ4n) is 5.18. The van der Waals surface area contributed by atoms with Gasteiger partial charge in [0.25, 0.3) is 5.91 Å². The normalized spacial score (nSPS) is 30.6. The summed E-state index contributed by atoms with van der Waals surface area (Å²) >= 11 is 1.68. The van der Waals surface area contributed by atoms with E-state index < -0.39 is 0 Å². The Labute approximate surface area is 167 Å². The Hall–Kier alpha value is -2.19. The molecule has 28 heavy (non-hydrogen) atoms. The molecule has 3 aliphatic rings. The molecule has 5 heterocycles. The number of aromatic amines is 1. The van der Waals surface area contributed by atoms with Crippen LogP contribution < -0.4 is 5.32 Å². The summed E-state index contributed by atoms with van der Waals surface area (Å²) in [5.74, 6) is 0.486. The molecular formula is C20H24N4O3S. The van der Waals surface area contributed by atoms with Crippen LogP contribution in [0.5, 0.6) is 0 Å². The number of aryl methyl sites for hydroxylation is 1. The first-order valence-electron chi connectivity index (χ1n) is 9.79. The number of fused-ring (bicyclic) bond motifs is 1. The molecule has 2 bridgehead atoms. The second-order valence-corrected chi connectivity index (χ2v) is 9.52. The predicted octanol–water partition coefficient (Wildman–Crippen LogP) is 2.20. The highest BCUT2D eigenvalue weighted by molar-refractivity contribution is 7.15. The summed E-state index contributed by atoms with van der Waals surface area (Å²) in [4.78, 5) is 28.6. The minimum atomic E-state index is -0.243. The standard InChI is InChI=1S/C20H24N4O3S/c1-11-3-4-18(28-11)15-7-16(23-22-15)19(26)24-9-14-13(8-21-12(2)25)17-5-6-20(14,10-24)27-17/h3-4,7,13-14,17H,5-6,8-10H2,1-2H3,(H,21,25)(H,22,23)/t13-,14+,17+,20+/m0/s1. The summed E-state index contributed by atoms with van der Waals surface area (Å²) in [7, 11) is 0. The Bertz CT molecular complexity index is 938. The summed E-state index contributed by atoms with van der Waals surface area (Å²) in [6.07, 6.45) is 2.20. The monoisotopic (exact) mass is 400 g/mol. The van der Waals surface area contributed by atoms with Gasteiger partial charge in [0, 0.05) is 36.7 Å². The third kappa shape index (κ3) is 2.78. The molecule has 0 aromatic carbocycles.